The number of unbranched alkanes of at least 4 members (excludes halogenated alkanes) is 10. The van der Waals surface area contributed by atoms with Crippen molar-refractivity contribution < 1.29 is 181 Å². The lowest BCUT2D eigenvalue weighted by Crippen LogP contribution is -2.66. The molecule has 4 rings (SSSR count). The van der Waals surface area contributed by atoms with Gasteiger partial charge in [0.1, 0.15) is 61.9 Å². The van der Waals surface area contributed by atoms with Crippen molar-refractivity contribution in [2.24, 2.45) is 5.92 Å². The summed E-state index contributed by atoms with van der Waals surface area (Å²) in [5, 5.41) is 34.1. The Morgan fingerprint density at radius 2 is 0.555 bits per heavy atom. The molecule has 47 nitrogen and oxygen atoms in total. The normalized spacial score (nSPS) is 22.2. The van der Waals surface area contributed by atoms with Crippen LogP contribution in [0, 0.1) is 5.92 Å². The van der Waals surface area contributed by atoms with Crippen LogP contribution in [0.25, 0.3) is 0 Å². The van der Waals surface area contributed by atoms with Crippen LogP contribution in [-0.4, -0.2) is 334 Å². The number of carboxylic acids is 1. The SMILES string of the molecule is CC(=O)NC1C(OCCCCC(=O)NCCCNC(=O)CCOCC(COCCC(=O)NCCCNC(=O)CCCCOC2OC(COC(C)=O)C(OC(C)=O)C(OC(C)=O)C2NC(C)=O)(COCCC(=O)NCCCNC(=O)CCCCOC2C3OC(COC(C)=O)C(OC(C)=O)C(OC(C)=O)C23)NC(=O)CCCCCCCCCCC(=O)O)OC(COC(C)=O)C(OC(C)=O)C1OC(C)=O. The summed E-state index contributed by atoms with van der Waals surface area (Å²) in [6, 6.07) is -2.34. The van der Waals surface area contributed by atoms with Gasteiger partial charge in [-0.2, -0.15) is 0 Å². The van der Waals surface area contributed by atoms with E-state index in [-0.39, 0.29) is 174 Å². The lowest BCUT2D eigenvalue weighted by molar-refractivity contribution is -0.277. The average Bonchev–Trinajstić information content (AvgIpc) is 1.57. The number of carbonyl (C=O) groups excluding carboxylic acids is 18. The van der Waals surface area contributed by atoms with Gasteiger partial charge in [-0.1, -0.05) is 38.5 Å². The summed E-state index contributed by atoms with van der Waals surface area (Å²) in [5.74, 6) is -11.1. The van der Waals surface area contributed by atoms with Gasteiger partial charge in [-0.15, -0.1) is 0 Å². The minimum Gasteiger partial charge on any atom is -0.481 e. The number of carbonyl (C=O) groups is 19. The van der Waals surface area contributed by atoms with E-state index in [4.69, 9.17) is 90.4 Å². The van der Waals surface area contributed by atoms with Gasteiger partial charge in [0.15, 0.2) is 43.1 Å². The first-order valence-electron chi connectivity index (χ1n) is 46.9. The molecule has 0 aromatic carbocycles. The van der Waals surface area contributed by atoms with Gasteiger partial charge in [0.25, 0.3) is 0 Å². The molecule has 4 fully saturated rings. The molecule has 0 radical (unpaired) electrons. The van der Waals surface area contributed by atoms with E-state index < -0.39 is 212 Å². The van der Waals surface area contributed by atoms with E-state index in [0.717, 1.165) is 73.6 Å². The monoisotopic (exact) mass is 1960 g/mol. The molecule has 1 saturated carbocycles. The van der Waals surface area contributed by atoms with Gasteiger partial charge >= 0.3 is 59.7 Å². The molecule has 3 heterocycles. The number of hydrogen-bond acceptors (Lipinski definition) is 37. The molecule has 0 spiro atoms. The maximum Gasteiger partial charge on any atom is 0.303 e. The van der Waals surface area contributed by atoms with E-state index in [2.05, 4.69) is 47.9 Å². The maximum atomic E-state index is 14.0. The summed E-state index contributed by atoms with van der Waals surface area (Å²) in [6.07, 6.45) is -4.67. The molecule has 0 aromatic heterocycles. The van der Waals surface area contributed by atoms with Crippen molar-refractivity contribution in [3.63, 3.8) is 0 Å². The molecule has 4 aliphatic rings. The van der Waals surface area contributed by atoms with Crippen LogP contribution in [0.5, 0.6) is 0 Å². The number of fused-ring (bicyclic) bond motifs is 1. The average molecular weight is 1960 g/mol. The zero-order valence-corrected chi connectivity index (χ0v) is 80.7. The second kappa shape index (κ2) is 67.0. The predicted molar refractivity (Wildman–Crippen MR) is 474 cm³/mol. The summed E-state index contributed by atoms with van der Waals surface area (Å²) in [7, 11) is 0. The summed E-state index contributed by atoms with van der Waals surface area (Å²) in [6.45, 7) is 11.8. The van der Waals surface area contributed by atoms with Crippen molar-refractivity contribution in [1.82, 2.24) is 47.9 Å². The third-order valence-corrected chi connectivity index (χ3v) is 21.3. The van der Waals surface area contributed by atoms with Crippen LogP contribution in [0.2, 0.25) is 0 Å². The number of ether oxygens (including phenoxy) is 18. The maximum absolute atomic E-state index is 14.0. The summed E-state index contributed by atoms with van der Waals surface area (Å²) >= 11 is 0. The fourth-order valence-corrected chi connectivity index (χ4v) is 15.1. The smallest absolute Gasteiger partial charge is 0.303 e. The molecule has 137 heavy (non-hydrogen) atoms. The van der Waals surface area contributed by atoms with Crippen molar-refractivity contribution in [3.8, 4) is 0 Å². The molecule has 1 aliphatic carbocycles. The highest BCUT2D eigenvalue weighted by molar-refractivity contribution is 5.80. The molecule has 0 aromatic rings. The minimum absolute atomic E-state index is 0.0113. The van der Waals surface area contributed by atoms with E-state index in [1.807, 2.05) is 0 Å². The van der Waals surface area contributed by atoms with Crippen LogP contribution in [-0.2, 0) is 176 Å². The number of esters is 9. The number of hydrogen-bond donors (Lipinski definition) is 10. The standard InChI is InChI=1S/C90H145N9O38/c1-55(100)97-78-86(133-64(10)109)81(130-61(7)106)67(50-127-58(4)103)136-88(78)124-44-24-21-30-70(112)92-38-27-41-95-73(115)35-47-121-53-90(99-75(117)32-18-16-14-12-13-15-17-19-33-76(118)119,52-120-46-34-72(114)94-40-26-37-91-69(111)29-20-23-43-123-83-77-84(132-63(9)108)80(129-60(6)105)66(135-85(77)83)49-126-57(3)102)54-122-48-36-74(116)96-42-28-39-93-71(113)31-22-25-45-125-89-79(98-56(2)101)87(134-65(11)110)82(131-62(8)107)68(137-89)51-128-59(5)104/h66-68,77-89H,12-54H2,1-11H3,(H,91,111)(H,92,112)(H,93,113)(H,94,114)(H,95,115)(H,96,116)(H,97,100)(H,98,101)(H,99,117)(H,118,119). The van der Waals surface area contributed by atoms with Crippen molar-refractivity contribution in [1.29, 1.82) is 0 Å². The molecule has 9 amide bonds. The topological polar surface area (TPSA) is 619 Å². The van der Waals surface area contributed by atoms with Gasteiger partial charge in [0, 0.05) is 187 Å². The van der Waals surface area contributed by atoms with Crippen LogP contribution in [0.4, 0.5) is 0 Å². The van der Waals surface area contributed by atoms with Crippen LogP contribution in [0.3, 0.4) is 0 Å². The molecule has 0 bridgehead atoms. The van der Waals surface area contributed by atoms with Gasteiger partial charge < -0.3 is 138 Å². The third kappa shape index (κ3) is 51.7. The largest absolute Gasteiger partial charge is 0.481 e. The van der Waals surface area contributed by atoms with Crippen LogP contribution < -0.4 is 47.9 Å². The van der Waals surface area contributed by atoms with Crippen molar-refractivity contribution in [2.45, 2.75) is 334 Å². The highest BCUT2D eigenvalue weighted by atomic mass is 16.7. The highest BCUT2D eigenvalue weighted by Gasteiger charge is 2.66. The Bertz CT molecular complexity index is 3700. The van der Waals surface area contributed by atoms with E-state index in [9.17, 15) is 91.1 Å². The van der Waals surface area contributed by atoms with Crippen molar-refractivity contribution in [2.75, 3.05) is 119 Å². The lowest BCUT2D eigenvalue weighted by atomic mass is 9.96. The van der Waals surface area contributed by atoms with Gasteiger partial charge in [-0.3, -0.25) is 91.1 Å². The van der Waals surface area contributed by atoms with E-state index in [1.54, 1.807) is 0 Å². The van der Waals surface area contributed by atoms with Gasteiger partial charge in [-0.05, 0) is 70.6 Å². The summed E-state index contributed by atoms with van der Waals surface area (Å²) in [4.78, 5) is 236. The van der Waals surface area contributed by atoms with Gasteiger partial charge in [0.05, 0.1) is 57.8 Å². The first-order chi connectivity index (χ1) is 65.3. The molecule has 778 valence electrons. The Morgan fingerprint density at radius 1 is 0.277 bits per heavy atom. The van der Waals surface area contributed by atoms with Crippen LogP contribution >= 0.6 is 0 Å². The number of aliphatic carboxylic acids is 1. The second-order valence-electron chi connectivity index (χ2n) is 33.7. The van der Waals surface area contributed by atoms with E-state index in [0.29, 0.717) is 77.0 Å². The zero-order chi connectivity index (χ0) is 101. The Morgan fingerprint density at radius 3 is 0.876 bits per heavy atom. The fourth-order valence-electron chi connectivity index (χ4n) is 15.1. The Kier molecular flexibility index (Phi) is 58.1. The molecular weight excluding hydrogens is 1820 g/mol. The molecule has 16 atom stereocenters. The Labute approximate surface area is 797 Å². The number of amides is 9. The summed E-state index contributed by atoms with van der Waals surface area (Å²) < 4.78 is 103. The quantitative estimate of drug-likeness (QED) is 0.0230. The molecule has 10 N–H and O–H groups in total. The van der Waals surface area contributed by atoms with Crippen LogP contribution in [0.15, 0.2) is 0 Å². The minimum atomic E-state index is -1.47. The molecular formula is C90H145N9O38. The third-order valence-electron chi connectivity index (χ3n) is 21.3. The summed E-state index contributed by atoms with van der Waals surface area (Å²) in [5.41, 5.74) is -1.47. The first kappa shape index (κ1) is 119. The highest BCUT2D eigenvalue weighted by Crippen LogP contribution is 2.49. The Hall–Kier alpha value is -10.4. The molecule has 47 heteroatoms. The molecule has 16 unspecified atom stereocenters. The van der Waals surface area contributed by atoms with Crippen molar-refractivity contribution >= 4 is 113 Å². The second-order valence-corrected chi connectivity index (χ2v) is 33.7. The molecule has 3 saturated heterocycles. The van der Waals surface area contributed by atoms with E-state index in [1.165, 1.54) is 34.6 Å². The Balaban J connectivity index is 1.34. The number of rotatable bonds is 71. The van der Waals surface area contributed by atoms with E-state index >= 15 is 0 Å². The fraction of sp³-hybridized carbons (Fsp3) is 0.789. The number of nitrogens with one attached hydrogen (secondary N) is 9. The first-order valence-corrected chi connectivity index (χ1v) is 46.9. The van der Waals surface area contributed by atoms with Gasteiger partial charge in [-0.25, -0.2) is 0 Å². The van der Waals surface area contributed by atoms with Crippen LogP contribution in [0.1, 0.15) is 237 Å². The predicted octanol–water partition coefficient (Wildman–Crippen LogP) is 0.980. The lowest BCUT2D eigenvalue weighted by Gasteiger charge is -2.44. The van der Waals surface area contributed by atoms with Crippen molar-refractivity contribution in [3.05, 3.63) is 0 Å². The zero-order valence-electron chi connectivity index (χ0n) is 80.7. The number of carboxylic acid groups (broad SMARTS) is 1. The van der Waals surface area contributed by atoms with Gasteiger partial charge in [0.2, 0.25) is 53.2 Å². The molecule has 3 aliphatic heterocycles.